The van der Waals surface area contributed by atoms with Crippen LogP contribution in [0.15, 0.2) is 12.2 Å². The number of alkyl halides is 1. The van der Waals surface area contributed by atoms with Crippen molar-refractivity contribution in [2.24, 2.45) is 5.92 Å². The lowest BCUT2D eigenvalue weighted by Crippen LogP contribution is -2.25. The summed E-state index contributed by atoms with van der Waals surface area (Å²) in [6.45, 7) is 4.11. The van der Waals surface area contributed by atoms with Gasteiger partial charge in [0.1, 0.15) is 0 Å². The highest BCUT2D eigenvalue weighted by Crippen LogP contribution is 2.29. The van der Waals surface area contributed by atoms with E-state index in [0.29, 0.717) is 11.3 Å². The lowest BCUT2D eigenvalue weighted by atomic mass is 10.1. The maximum atomic E-state index is 6.13. The van der Waals surface area contributed by atoms with E-state index in [1.807, 2.05) is 6.92 Å². The molecule has 1 aliphatic carbocycles. The predicted octanol–water partition coefficient (Wildman–Crippen LogP) is 2.56. The van der Waals surface area contributed by atoms with Crippen LogP contribution in [-0.2, 0) is 0 Å². The van der Waals surface area contributed by atoms with Gasteiger partial charge in [-0.1, -0.05) is 18.6 Å². The Balaban J connectivity index is 2.06. The fourth-order valence-corrected chi connectivity index (χ4v) is 2.06. The molecule has 0 aromatic heterocycles. The topological polar surface area (TPSA) is 12.0 Å². The summed E-state index contributed by atoms with van der Waals surface area (Å²) in [5.41, 5.74) is 0. The van der Waals surface area contributed by atoms with Crippen LogP contribution < -0.4 is 5.32 Å². The summed E-state index contributed by atoms with van der Waals surface area (Å²) in [5, 5.41) is 3.81. The molecule has 0 aromatic rings. The van der Waals surface area contributed by atoms with Crippen molar-refractivity contribution >= 4 is 11.6 Å². The van der Waals surface area contributed by atoms with Gasteiger partial charge in [-0.15, -0.1) is 11.6 Å². The maximum absolute atomic E-state index is 6.13. The molecule has 0 bridgehead atoms. The minimum absolute atomic E-state index is 0.420. The molecular formula is C10H18ClN. The van der Waals surface area contributed by atoms with E-state index in [4.69, 9.17) is 11.6 Å². The molecule has 0 spiro atoms. The van der Waals surface area contributed by atoms with Crippen LogP contribution >= 0.6 is 11.6 Å². The molecule has 1 rings (SSSR count). The second kappa shape index (κ2) is 5.60. The zero-order valence-corrected chi connectivity index (χ0v) is 8.48. The number of hydrogen-bond donors (Lipinski definition) is 1. The van der Waals surface area contributed by atoms with Gasteiger partial charge in [-0.2, -0.15) is 0 Å². The SMILES string of the molecule is C/C=C/CNCC1CCCC1Cl. The number of halogens is 1. The van der Waals surface area contributed by atoms with Gasteiger partial charge in [0.25, 0.3) is 0 Å². The Hall–Kier alpha value is -0.0100. The van der Waals surface area contributed by atoms with E-state index in [0.717, 1.165) is 13.1 Å². The molecule has 0 aromatic carbocycles. The van der Waals surface area contributed by atoms with Gasteiger partial charge in [-0.3, -0.25) is 0 Å². The molecule has 1 N–H and O–H groups in total. The normalized spacial score (nSPS) is 30.2. The van der Waals surface area contributed by atoms with E-state index in [1.165, 1.54) is 19.3 Å². The first-order valence-electron chi connectivity index (χ1n) is 4.80. The van der Waals surface area contributed by atoms with Crippen LogP contribution in [0.25, 0.3) is 0 Å². The highest BCUT2D eigenvalue weighted by molar-refractivity contribution is 6.20. The Kier molecular flexibility index (Phi) is 4.70. The summed E-state index contributed by atoms with van der Waals surface area (Å²) >= 11 is 6.13. The summed E-state index contributed by atoms with van der Waals surface area (Å²) in [4.78, 5) is 0. The van der Waals surface area contributed by atoms with Crippen molar-refractivity contribution in [2.45, 2.75) is 31.6 Å². The molecule has 0 radical (unpaired) electrons. The van der Waals surface area contributed by atoms with Crippen molar-refractivity contribution < 1.29 is 0 Å². The Labute approximate surface area is 80.2 Å². The zero-order chi connectivity index (χ0) is 8.81. The van der Waals surface area contributed by atoms with E-state index in [2.05, 4.69) is 17.5 Å². The van der Waals surface area contributed by atoms with Crippen molar-refractivity contribution in [1.82, 2.24) is 5.32 Å². The van der Waals surface area contributed by atoms with Gasteiger partial charge in [0.05, 0.1) is 0 Å². The lowest BCUT2D eigenvalue weighted by Gasteiger charge is -2.13. The van der Waals surface area contributed by atoms with E-state index in [1.54, 1.807) is 0 Å². The molecule has 0 aliphatic heterocycles. The highest BCUT2D eigenvalue weighted by atomic mass is 35.5. The molecule has 1 nitrogen and oxygen atoms in total. The number of rotatable bonds is 4. The largest absolute Gasteiger partial charge is 0.313 e. The summed E-state index contributed by atoms with van der Waals surface area (Å²) in [6, 6.07) is 0. The van der Waals surface area contributed by atoms with Gasteiger partial charge < -0.3 is 5.32 Å². The third-order valence-corrected chi connectivity index (χ3v) is 3.05. The van der Waals surface area contributed by atoms with E-state index in [-0.39, 0.29) is 0 Å². The lowest BCUT2D eigenvalue weighted by molar-refractivity contribution is 0.510. The highest BCUT2D eigenvalue weighted by Gasteiger charge is 2.24. The molecule has 1 saturated carbocycles. The average molecular weight is 188 g/mol. The van der Waals surface area contributed by atoms with Gasteiger partial charge in [-0.05, 0) is 32.2 Å². The van der Waals surface area contributed by atoms with Crippen LogP contribution in [0, 0.1) is 5.92 Å². The molecule has 70 valence electrons. The molecule has 0 saturated heterocycles. The monoisotopic (exact) mass is 187 g/mol. The second-order valence-corrected chi connectivity index (χ2v) is 3.99. The van der Waals surface area contributed by atoms with Gasteiger partial charge in [0.15, 0.2) is 0 Å². The Morgan fingerprint density at radius 3 is 2.92 bits per heavy atom. The summed E-state index contributed by atoms with van der Waals surface area (Å²) in [7, 11) is 0. The Bertz CT molecular complexity index is 145. The predicted molar refractivity (Wildman–Crippen MR) is 54.7 cm³/mol. The first-order valence-corrected chi connectivity index (χ1v) is 5.24. The van der Waals surface area contributed by atoms with Gasteiger partial charge in [0, 0.05) is 11.9 Å². The van der Waals surface area contributed by atoms with Gasteiger partial charge in [-0.25, -0.2) is 0 Å². The number of nitrogens with one attached hydrogen (secondary N) is 1. The van der Waals surface area contributed by atoms with Crippen molar-refractivity contribution in [1.29, 1.82) is 0 Å². The molecular weight excluding hydrogens is 170 g/mol. The third kappa shape index (κ3) is 3.16. The second-order valence-electron chi connectivity index (χ2n) is 3.43. The fraction of sp³-hybridized carbons (Fsp3) is 0.800. The molecule has 0 amide bonds. The van der Waals surface area contributed by atoms with Crippen LogP contribution in [0.4, 0.5) is 0 Å². The standard InChI is InChI=1S/C10H18ClN/c1-2-3-7-12-8-9-5-4-6-10(9)11/h2-3,9-10,12H,4-8H2,1H3/b3-2+. The summed E-state index contributed by atoms with van der Waals surface area (Å²) < 4.78 is 0. The van der Waals surface area contributed by atoms with Crippen molar-refractivity contribution in [2.75, 3.05) is 13.1 Å². The minimum Gasteiger partial charge on any atom is -0.313 e. The minimum atomic E-state index is 0.420. The van der Waals surface area contributed by atoms with Crippen LogP contribution in [0.1, 0.15) is 26.2 Å². The Morgan fingerprint density at radius 1 is 1.50 bits per heavy atom. The summed E-state index contributed by atoms with van der Waals surface area (Å²) in [5.74, 6) is 0.705. The molecule has 1 fully saturated rings. The molecule has 0 heterocycles. The Morgan fingerprint density at radius 2 is 2.33 bits per heavy atom. The molecule has 2 unspecified atom stereocenters. The summed E-state index contributed by atoms with van der Waals surface area (Å²) in [6.07, 6.45) is 8.02. The van der Waals surface area contributed by atoms with Crippen LogP contribution in [0.5, 0.6) is 0 Å². The number of allylic oxidation sites excluding steroid dienone is 1. The molecule has 1 aliphatic rings. The smallest absolute Gasteiger partial charge is 0.0376 e. The van der Waals surface area contributed by atoms with Gasteiger partial charge >= 0.3 is 0 Å². The van der Waals surface area contributed by atoms with Crippen molar-refractivity contribution in [3.05, 3.63) is 12.2 Å². The molecule has 12 heavy (non-hydrogen) atoms. The number of hydrogen-bond acceptors (Lipinski definition) is 1. The van der Waals surface area contributed by atoms with Gasteiger partial charge in [0.2, 0.25) is 0 Å². The first-order chi connectivity index (χ1) is 5.84. The van der Waals surface area contributed by atoms with E-state index < -0.39 is 0 Å². The van der Waals surface area contributed by atoms with E-state index >= 15 is 0 Å². The first kappa shape index (κ1) is 10.1. The maximum Gasteiger partial charge on any atom is 0.0376 e. The average Bonchev–Trinajstić information content (AvgIpc) is 2.46. The van der Waals surface area contributed by atoms with Crippen LogP contribution in [0.3, 0.4) is 0 Å². The molecule has 2 heteroatoms. The van der Waals surface area contributed by atoms with E-state index in [9.17, 15) is 0 Å². The third-order valence-electron chi connectivity index (χ3n) is 2.47. The van der Waals surface area contributed by atoms with Crippen molar-refractivity contribution in [3.63, 3.8) is 0 Å². The van der Waals surface area contributed by atoms with Crippen molar-refractivity contribution in [3.8, 4) is 0 Å². The van der Waals surface area contributed by atoms with Crippen LogP contribution in [-0.4, -0.2) is 18.5 Å². The zero-order valence-electron chi connectivity index (χ0n) is 7.72. The molecule has 2 atom stereocenters. The quantitative estimate of drug-likeness (QED) is 0.405. The fourth-order valence-electron chi connectivity index (χ4n) is 1.69. The van der Waals surface area contributed by atoms with Crippen LogP contribution in [0.2, 0.25) is 0 Å².